The Labute approximate surface area is 150 Å². The molecule has 1 fully saturated rings. The van der Waals surface area contributed by atoms with Gasteiger partial charge < -0.3 is 14.8 Å². The molecule has 1 aliphatic heterocycles. The summed E-state index contributed by atoms with van der Waals surface area (Å²) in [6.07, 6.45) is 3.57. The van der Waals surface area contributed by atoms with E-state index < -0.39 is 0 Å². The van der Waals surface area contributed by atoms with E-state index in [0.717, 1.165) is 22.0 Å². The van der Waals surface area contributed by atoms with E-state index in [1.54, 1.807) is 12.4 Å². The first-order valence-electron chi connectivity index (χ1n) is 8.11. The zero-order valence-electron chi connectivity index (χ0n) is 13.5. The number of pyridine rings is 1. The fourth-order valence-electron chi connectivity index (χ4n) is 2.81. The zero-order chi connectivity index (χ0) is 17.1. The molecule has 6 nitrogen and oxygen atoms in total. The van der Waals surface area contributed by atoms with Crippen LogP contribution in [0.25, 0.3) is 22.0 Å². The van der Waals surface area contributed by atoms with E-state index in [1.807, 2.05) is 30.3 Å². The lowest BCUT2D eigenvalue weighted by Crippen LogP contribution is -2.34. The average molecular weight is 357 g/mol. The van der Waals surface area contributed by atoms with Gasteiger partial charge in [-0.3, -0.25) is 4.98 Å². The largest absolute Gasteiger partial charge is 0.376 e. The molecule has 4 rings (SSSR count). The maximum atomic E-state index is 5.98. The predicted molar refractivity (Wildman–Crippen MR) is 96.8 cm³/mol. The first-order chi connectivity index (χ1) is 12.3. The highest BCUT2D eigenvalue weighted by molar-refractivity contribution is 6.30. The molecule has 0 radical (unpaired) electrons. The Kier molecular flexibility index (Phi) is 4.74. The molecule has 1 N–H and O–H groups in total. The van der Waals surface area contributed by atoms with Crippen molar-refractivity contribution in [1.29, 1.82) is 0 Å². The van der Waals surface area contributed by atoms with Gasteiger partial charge in [0, 0.05) is 40.3 Å². The molecule has 0 aliphatic carbocycles. The Hall–Kier alpha value is -2.28. The molecule has 7 heteroatoms. The molecular formula is C18H17ClN4O2. The minimum Gasteiger partial charge on any atom is -0.376 e. The Morgan fingerprint density at radius 1 is 1.08 bits per heavy atom. The standard InChI is InChI=1S/C18H17ClN4O2/c19-13-3-1-12(2-4-13)17-16-10-20-6-5-15(16)18(23-22-17)21-9-14-11-24-7-8-25-14/h1-6,10,14H,7-9,11H2,(H,21,23)/t14-/m0/s1. The van der Waals surface area contributed by atoms with Crippen molar-refractivity contribution in [3.05, 3.63) is 47.7 Å². The van der Waals surface area contributed by atoms with E-state index in [9.17, 15) is 0 Å². The molecule has 3 aromatic rings. The van der Waals surface area contributed by atoms with Crippen molar-refractivity contribution >= 4 is 28.2 Å². The summed E-state index contributed by atoms with van der Waals surface area (Å²) >= 11 is 5.98. The number of anilines is 1. The zero-order valence-corrected chi connectivity index (χ0v) is 14.2. The lowest BCUT2D eigenvalue weighted by Gasteiger charge is -2.23. The summed E-state index contributed by atoms with van der Waals surface area (Å²) in [4.78, 5) is 4.24. The van der Waals surface area contributed by atoms with Crippen molar-refractivity contribution < 1.29 is 9.47 Å². The predicted octanol–water partition coefficient (Wildman–Crippen LogP) is 3.17. The van der Waals surface area contributed by atoms with Gasteiger partial charge in [-0.2, -0.15) is 0 Å². The number of benzene rings is 1. The van der Waals surface area contributed by atoms with Gasteiger partial charge in [0.15, 0.2) is 5.82 Å². The van der Waals surface area contributed by atoms with E-state index in [4.69, 9.17) is 21.1 Å². The molecule has 1 aliphatic rings. The summed E-state index contributed by atoms with van der Waals surface area (Å²) in [6, 6.07) is 9.48. The van der Waals surface area contributed by atoms with Gasteiger partial charge >= 0.3 is 0 Å². The fourth-order valence-corrected chi connectivity index (χ4v) is 2.94. The number of fused-ring (bicyclic) bond motifs is 1. The SMILES string of the molecule is Clc1ccc(-c2nnc(NC[C@H]3COCCO3)c3ccncc23)cc1. The molecule has 0 amide bonds. The van der Waals surface area contributed by atoms with Crippen molar-refractivity contribution in [2.75, 3.05) is 31.7 Å². The summed E-state index contributed by atoms with van der Waals surface area (Å²) in [5.74, 6) is 0.712. The molecule has 0 spiro atoms. The van der Waals surface area contributed by atoms with E-state index in [1.165, 1.54) is 0 Å². The van der Waals surface area contributed by atoms with Gasteiger partial charge in [0.2, 0.25) is 0 Å². The smallest absolute Gasteiger partial charge is 0.156 e. The number of aromatic nitrogens is 3. The molecule has 1 atom stereocenters. The topological polar surface area (TPSA) is 69.2 Å². The molecule has 3 heterocycles. The summed E-state index contributed by atoms with van der Waals surface area (Å²) < 4.78 is 11.1. The van der Waals surface area contributed by atoms with E-state index >= 15 is 0 Å². The van der Waals surface area contributed by atoms with Gasteiger partial charge in [-0.15, -0.1) is 10.2 Å². The first kappa shape index (κ1) is 16.2. The van der Waals surface area contributed by atoms with Gasteiger partial charge in [-0.05, 0) is 18.2 Å². The van der Waals surface area contributed by atoms with E-state index in [0.29, 0.717) is 37.2 Å². The highest BCUT2D eigenvalue weighted by atomic mass is 35.5. The van der Waals surface area contributed by atoms with Gasteiger partial charge in [-0.1, -0.05) is 23.7 Å². The van der Waals surface area contributed by atoms with E-state index in [2.05, 4.69) is 20.5 Å². The minimum absolute atomic E-state index is 0.0170. The van der Waals surface area contributed by atoms with Crippen molar-refractivity contribution in [3.63, 3.8) is 0 Å². The maximum Gasteiger partial charge on any atom is 0.156 e. The van der Waals surface area contributed by atoms with Crippen molar-refractivity contribution in [3.8, 4) is 11.3 Å². The number of nitrogens with one attached hydrogen (secondary N) is 1. The highest BCUT2D eigenvalue weighted by Gasteiger charge is 2.16. The Balaban J connectivity index is 1.65. The number of ether oxygens (including phenoxy) is 2. The van der Waals surface area contributed by atoms with Crippen LogP contribution >= 0.6 is 11.6 Å². The summed E-state index contributed by atoms with van der Waals surface area (Å²) in [5.41, 5.74) is 1.73. The lowest BCUT2D eigenvalue weighted by atomic mass is 10.1. The molecule has 0 saturated carbocycles. The van der Waals surface area contributed by atoms with Gasteiger partial charge in [-0.25, -0.2) is 0 Å². The Morgan fingerprint density at radius 2 is 1.96 bits per heavy atom. The Bertz CT molecular complexity index is 867. The fraction of sp³-hybridized carbons (Fsp3) is 0.278. The van der Waals surface area contributed by atoms with Crippen LogP contribution in [-0.4, -0.2) is 47.7 Å². The third-order valence-electron chi connectivity index (χ3n) is 4.08. The van der Waals surface area contributed by atoms with Crippen LogP contribution in [0.5, 0.6) is 0 Å². The molecular weight excluding hydrogens is 340 g/mol. The molecule has 1 aromatic carbocycles. The Morgan fingerprint density at radius 3 is 2.76 bits per heavy atom. The van der Waals surface area contributed by atoms with Crippen LogP contribution in [-0.2, 0) is 9.47 Å². The molecule has 0 unspecified atom stereocenters. The monoisotopic (exact) mass is 356 g/mol. The second-order valence-corrected chi connectivity index (χ2v) is 6.21. The molecule has 128 valence electrons. The van der Waals surface area contributed by atoms with Crippen LogP contribution in [0.2, 0.25) is 5.02 Å². The third kappa shape index (κ3) is 3.56. The number of nitrogens with zero attached hydrogens (tertiary/aromatic N) is 3. The third-order valence-corrected chi connectivity index (χ3v) is 4.33. The summed E-state index contributed by atoms with van der Waals surface area (Å²) in [7, 11) is 0. The van der Waals surface area contributed by atoms with Crippen LogP contribution in [0.3, 0.4) is 0 Å². The highest BCUT2D eigenvalue weighted by Crippen LogP contribution is 2.29. The van der Waals surface area contributed by atoms with Crippen molar-refractivity contribution in [1.82, 2.24) is 15.2 Å². The van der Waals surface area contributed by atoms with Crippen LogP contribution in [0.4, 0.5) is 5.82 Å². The number of hydrogen-bond acceptors (Lipinski definition) is 6. The molecule has 0 bridgehead atoms. The molecule has 1 saturated heterocycles. The van der Waals surface area contributed by atoms with Crippen molar-refractivity contribution in [2.24, 2.45) is 0 Å². The number of halogens is 1. The van der Waals surface area contributed by atoms with Crippen LogP contribution in [0.1, 0.15) is 0 Å². The quantitative estimate of drug-likeness (QED) is 0.774. The second-order valence-electron chi connectivity index (χ2n) is 5.77. The molecule has 25 heavy (non-hydrogen) atoms. The van der Waals surface area contributed by atoms with Crippen molar-refractivity contribution in [2.45, 2.75) is 6.10 Å². The van der Waals surface area contributed by atoms with Gasteiger partial charge in [0.05, 0.1) is 25.9 Å². The number of hydrogen-bond donors (Lipinski definition) is 1. The summed E-state index contributed by atoms with van der Waals surface area (Å²) in [5, 5.41) is 14.7. The normalized spacial score (nSPS) is 17.6. The second kappa shape index (κ2) is 7.31. The maximum absolute atomic E-state index is 5.98. The first-order valence-corrected chi connectivity index (χ1v) is 8.48. The van der Waals surface area contributed by atoms with E-state index in [-0.39, 0.29) is 6.10 Å². The average Bonchev–Trinajstić information content (AvgIpc) is 2.68. The number of rotatable bonds is 4. The van der Waals surface area contributed by atoms with Crippen LogP contribution in [0, 0.1) is 0 Å². The molecule has 2 aromatic heterocycles. The minimum atomic E-state index is 0.0170. The van der Waals surface area contributed by atoms with Crippen LogP contribution < -0.4 is 5.32 Å². The van der Waals surface area contributed by atoms with Gasteiger partial charge in [0.25, 0.3) is 0 Å². The van der Waals surface area contributed by atoms with Gasteiger partial charge in [0.1, 0.15) is 5.69 Å². The lowest BCUT2D eigenvalue weighted by molar-refractivity contribution is -0.0819. The van der Waals surface area contributed by atoms with Crippen LogP contribution in [0.15, 0.2) is 42.7 Å². The summed E-state index contributed by atoms with van der Waals surface area (Å²) in [6.45, 7) is 2.48.